The quantitative estimate of drug-likeness (QED) is 0.387. The van der Waals surface area contributed by atoms with E-state index in [4.69, 9.17) is 9.47 Å². The third-order valence-corrected chi connectivity index (χ3v) is 4.99. The molecule has 0 amide bonds. The molecule has 0 aromatic rings. The topological polar surface area (TPSA) is 35.5 Å². The summed E-state index contributed by atoms with van der Waals surface area (Å²) in [4.78, 5) is 12.1. The second-order valence-electron chi connectivity index (χ2n) is 5.84. The Morgan fingerprint density at radius 2 is 2.06 bits per heavy atom. The van der Waals surface area contributed by atoms with E-state index in [-0.39, 0.29) is 17.5 Å². The normalized spacial score (nSPS) is 40.1. The number of fused-ring (bicyclic) bond motifs is 1. The summed E-state index contributed by atoms with van der Waals surface area (Å²) < 4.78 is 11.0. The van der Waals surface area contributed by atoms with Gasteiger partial charge in [-0.3, -0.25) is 4.79 Å². The molecule has 0 radical (unpaired) electrons. The monoisotopic (exact) mass is 338 g/mol. The fourth-order valence-corrected chi connectivity index (χ4v) is 3.23. The molecule has 92 valence electrons. The Labute approximate surface area is 110 Å². The smallest absolute Gasteiger partial charge is 0.327 e. The maximum absolute atomic E-state index is 12.1. The van der Waals surface area contributed by atoms with Gasteiger partial charge in [-0.05, 0) is 12.8 Å². The van der Waals surface area contributed by atoms with Crippen LogP contribution in [-0.2, 0) is 14.3 Å². The molecule has 2 aliphatic rings. The minimum Gasteiger partial charge on any atom is -0.434 e. The van der Waals surface area contributed by atoms with E-state index < -0.39 is 9.71 Å². The van der Waals surface area contributed by atoms with Gasteiger partial charge in [0.2, 0.25) is 6.29 Å². The minimum atomic E-state index is -0.433. The SMILES string of the molecule is CC(C)(C)C1OC(=O)C2(I)CCCCC2O1. The molecule has 1 heterocycles. The van der Waals surface area contributed by atoms with Crippen molar-refractivity contribution in [2.45, 2.75) is 62.3 Å². The Morgan fingerprint density at radius 3 is 2.69 bits per heavy atom. The first-order valence-corrected chi connectivity index (χ1v) is 6.97. The number of rotatable bonds is 0. The number of alkyl halides is 1. The van der Waals surface area contributed by atoms with E-state index in [1.54, 1.807) is 0 Å². The van der Waals surface area contributed by atoms with Crippen LogP contribution in [0.3, 0.4) is 0 Å². The summed E-state index contributed by atoms with van der Waals surface area (Å²) in [5.74, 6) is -0.0797. The van der Waals surface area contributed by atoms with Crippen molar-refractivity contribution in [3.8, 4) is 0 Å². The lowest BCUT2D eigenvalue weighted by atomic mass is 9.84. The number of carbonyl (C=O) groups excluding carboxylic acids is 1. The van der Waals surface area contributed by atoms with Crippen LogP contribution in [0.2, 0.25) is 0 Å². The maximum Gasteiger partial charge on any atom is 0.327 e. The molecule has 1 saturated heterocycles. The third kappa shape index (κ3) is 2.10. The molecule has 3 atom stereocenters. The molecule has 0 aromatic heterocycles. The molecule has 3 unspecified atom stereocenters. The zero-order valence-corrected chi connectivity index (χ0v) is 12.2. The lowest BCUT2D eigenvalue weighted by Gasteiger charge is -2.46. The Balaban J connectivity index is 2.18. The minimum absolute atomic E-state index is 0.0346. The zero-order valence-electron chi connectivity index (χ0n) is 10.1. The van der Waals surface area contributed by atoms with Crippen molar-refractivity contribution < 1.29 is 14.3 Å². The van der Waals surface area contributed by atoms with Gasteiger partial charge in [-0.2, -0.15) is 0 Å². The van der Waals surface area contributed by atoms with E-state index in [1.807, 2.05) is 20.8 Å². The van der Waals surface area contributed by atoms with Crippen molar-refractivity contribution in [2.75, 3.05) is 0 Å². The summed E-state index contributed by atoms with van der Waals surface area (Å²) in [6, 6.07) is 0. The number of hydrogen-bond donors (Lipinski definition) is 0. The second kappa shape index (κ2) is 4.12. The van der Waals surface area contributed by atoms with Gasteiger partial charge in [0, 0.05) is 5.41 Å². The average Bonchev–Trinajstić information content (AvgIpc) is 2.17. The van der Waals surface area contributed by atoms with Crippen LogP contribution in [0.4, 0.5) is 0 Å². The van der Waals surface area contributed by atoms with Gasteiger partial charge in [0.05, 0.1) is 6.10 Å². The standard InChI is InChI=1S/C12H19IO3/c1-11(2,3)10-15-8-6-4-5-7-12(8,13)9(14)16-10/h8,10H,4-7H2,1-3H3. The van der Waals surface area contributed by atoms with Gasteiger partial charge < -0.3 is 9.47 Å². The Hall–Kier alpha value is 0.160. The molecule has 0 aromatic carbocycles. The van der Waals surface area contributed by atoms with Gasteiger partial charge in [-0.1, -0.05) is 56.2 Å². The molecule has 0 N–H and O–H groups in total. The van der Waals surface area contributed by atoms with Crippen LogP contribution in [0.25, 0.3) is 0 Å². The van der Waals surface area contributed by atoms with Crippen LogP contribution in [0, 0.1) is 5.41 Å². The van der Waals surface area contributed by atoms with Gasteiger partial charge >= 0.3 is 5.97 Å². The van der Waals surface area contributed by atoms with Crippen LogP contribution in [0.1, 0.15) is 46.5 Å². The van der Waals surface area contributed by atoms with Crippen molar-refractivity contribution in [3.63, 3.8) is 0 Å². The number of ether oxygens (including phenoxy) is 2. The molecule has 4 heteroatoms. The van der Waals surface area contributed by atoms with Crippen LogP contribution in [0.15, 0.2) is 0 Å². The molecule has 1 saturated carbocycles. The first-order chi connectivity index (χ1) is 7.34. The van der Waals surface area contributed by atoms with Crippen LogP contribution < -0.4 is 0 Å². The van der Waals surface area contributed by atoms with Gasteiger partial charge in [0.1, 0.15) is 3.42 Å². The molecule has 2 fully saturated rings. The molecule has 16 heavy (non-hydrogen) atoms. The summed E-state index contributed by atoms with van der Waals surface area (Å²) in [5, 5.41) is 0. The molecule has 3 nitrogen and oxygen atoms in total. The predicted octanol–water partition coefficient (Wildman–Crippen LogP) is 3.05. The lowest BCUT2D eigenvalue weighted by Crippen LogP contribution is -2.57. The predicted molar refractivity (Wildman–Crippen MR) is 69.4 cm³/mol. The van der Waals surface area contributed by atoms with Crippen molar-refractivity contribution in [1.82, 2.24) is 0 Å². The van der Waals surface area contributed by atoms with E-state index in [1.165, 1.54) is 0 Å². The summed E-state index contributed by atoms with van der Waals surface area (Å²) in [7, 11) is 0. The zero-order chi connectivity index (χ0) is 12.0. The van der Waals surface area contributed by atoms with Gasteiger partial charge in [-0.15, -0.1) is 0 Å². The van der Waals surface area contributed by atoms with E-state index in [0.29, 0.717) is 0 Å². The number of carbonyl (C=O) groups is 1. The van der Waals surface area contributed by atoms with E-state index >= 15 is 0 Å². The number of halogens is 1. The molecule has 2 rings (SSSR count). The van der Waals surface area contributed by atoms with Gasteiger partial charge in [0.25, 0.3) is 0 Å². The van der Waals surface area contributed by atoms with Crippen molar-refractivity contribution in [1.29, 1.82) is 0 Å². The summed E-state index contributed by atoms with van der Waals surface area (Å²) >= 11 is 2.23. The molecular formula is C12H19IO3. The van der Waals surface area contributed by atoms with E-state index in [2.05, 4.69) is 22.6 Å². The van der Waals surface area contributed by atoms with Crippen LogP contribution in [-0.4, -0.2) is 21.8 Å². The molecular weight excluding hydrogens is 319 g/mol. The molecule has 1 aliphatic carbocycles. The number of esters is 1. The van der Waals surface area contributed by atoms with E-state index in [9.17, 15) is 4.79 Å². The Kier molecular flexibility index (Phi) is 3.25. The first-order valence-electron chi connectivity index (χ1n) is 5.89. The highest BCUT2D eigenvalue weighted by Crippen LogP contribution is 2.45. The summed E-state index contributed by atoms with van der Waals surface area (Å²) in [6.07, 6.45) is 3.74. The largest absolute Gasteiger partial charge is 0.434 e. The van der Waals surface area contributed by atoms with Gasteiger partial charge in [0.15, 0.2) is 0 Å². The van der Waals surface area contributed by atoms with Crippen molar-refractivity contribution >= 4 is 28.6 Å². The van der Waals surface area contributed by atoms with Crippen molar-refractivity contribution in [3.05, 3.63) is 0 Å². The Bertz CT molecular complexity index is 297. The highest BCUT2D eigenvalue weighted by Gasteiger charge is 2.54. The first kappa shape index (κ1) is 12.6. The van der Waals surface area contributed by atoms with Crippen LogP contribution in [0.5, 0.6) is 0 Å². The van der Waals surface area contributed by atoms with E-state index in [0.717, 1.165) is 25.7 Å². The third-order valence-electron chi connectivity index (χ3n) is 3.32. The molecule has 1 aliphatic heterocycles. The lowest BCUT2D eigenvalue weighted by molar-refractivity contribution is -0.253. The highest BCUT2D eigenvalue weighted by molar-refractivity contribution is 14.1. The second-order valence-corrected chi connectivity index (χ2v) is 7.76. The number of hydrogen-bond acceptors (Lipinski definition) is 3. The fourth-order valence-electron chi connectivity index (χ4n) is 2.26. The average molecular weight is 338 g/mol. The van der Waals surface area contributed by atoms with Crippen molar-refractivity contribution in [2.24, 2.45) is 5.41 Å². The number of cyclic esters (lactones) is 1. The molecule has 0 bridgehead atoms. The maximum atomic E-state index is 12.1. The van der Waals surface area contributed by atoms with Gasteiger partial charge in [-0.25, -0.2) is 0 Å². The summed E-state index contributed by atoms with van der Waals surface area (Å²) in [6.45, 7) is 6.11. The Morgan fingerprint density at radius 1 is 1.38 bits per heavy atom. The molecule has 0 spiro atoms. The summed E-state index contributed by atoms with van der Waals surface area (Å²) in [5.41, 5.74) is -0.148. The van der Waals surface area contributed by atoms with Crippen LogP contribution >= 0.6 is 22.6 Å². The highest BCUT2D eigenvalue weighted by atomic mass is 127. The fraction of sp³-hybridized carbons (Fsp3) is 0.917.